The molecule has 296 valence electrons. The van der Waals surface area contributed by atoms with Gasteiger partial charge in [-0.3, -0.25) is 19.2 Å². The highest BCUT2D eigenvalue weighted by atomic mass is 32.1. The van der Waals surface area contributed by atoms with Crippen LogP contribution in [0.25, 0.3) is 21.6 Å². The lowest BCUT2D eigenvalue weighted by atomic mass is 9.87. The molecule has 3 aromatic rings. The number of nitrogens with zero attached hydrogens (tertiary/aromatic N) is 3. The topological polar surface area (TPSA) is 145 Å². The molecule has 1 amide bonds. The van der Waals surface area contributed by atoms with E-state index in [4.69, 9.17) is 24.2 Å². The van der Waals surface area contributed by atoms with Crippen LogP contribution in [0.1, 0.15) is 110 Å². The summed E-state index contributed by atoms with van der Waals surface area (Å²) in [5, 5.41) is 13.9. The summed E-state index contributed by atoms with van der Waals surface area (Å²) in [5.41, 5.74) is 1.20. The molecule has 1 N–H and O–H groups in total. The van der Waals surface area contributed by atoms with Crippen LogP contribution >= 0.6 is 11.3 Å². The van der Waals surface area contributed by atoms with Gasteiger partial charge in [0.1, 0.15) is 33.9 Å². The number of allylic oxidation sites excluding steroid dienone is 2. The van der Waals surface area contributed by atoms with Gasteiger partial charge in [-0.15, -0.1) is 11.3 Å². The zero-order chi connectivity index (χ0) is 39.8. The molecular weight excluding hydrogens is 719 g/mol. The molecule has 2 aliphatic heterocycles. The lowest BCUT2D eigenvalue weighted by Gasteiger charge is -2.30. The normalized spacial score (nSPS) is 26.9. The van der Waals surface area contributed by atoms with E-state index < -0.39 is 46.9 Å². The molecule has 0 unspecified atom stereocenters. The predicted molar refractivity (Wildman–Crippen MR) is 211 cm³/mol. The van der Waals surface area contributed by atoms with E-state index in [1.165, 1.54) is 11.3 Å². The molecule has 0 radical (unpaired) electrons. The molecule has 55 heavy (non-hydrogen) atoms. The Morgan fingerprint density at radius 3 is 2.55 bits per heavy atom. The first kappa shape index (κ1) is 40.3. The number of fused-ring (bicyclic) bond motifs is 3. The van der Waals surface area contributed by atoms with Crippen LogP contribution in [0.4, 0.5) is 0 Å². The van der Waals surface area contributed by atoms with Crippen molar-refractivity contribution in [2.45, 2.75) is 123 Å². The van der Waals surface area contributed by atoms with Gasteiger partial charge in [-0.2, -0.15) is 0 Å². The molecule has 6 atom stereocenters. The number of methoxy groups -OCH3 is 1. The highest BCUT2D eigenvalue weighted by Gasteiger charge is 2.61. The number of benzene rings is 1. The molecule has 3 aliphatic rings. The van der Waals surface area contributed by atoms with Gasteiger partial charge in [0.05, 0.1) is 42.7 Å². The van der Waals surface area contributed by atoms with Crippen molar-refractivity contribution in [3.63, 3.8) is 0 Å². The van der Waals surface area contributed by atoms with E-state index in [1.807, 2.05) is 49.6 Å². The van der Waals surface area contributed by atoms with E-state index in [9.17, 15) is 24.3 Å². The number of amides is 1. The molecule has 1 saturated carbocycles. The smallest absolute Gasteiger partial charge is 0.310 e. The lowest BCUT2D eigenvalue weighted by Crippen LogP contribution is -2.47. The number of esters is 1. The number of Topliss-reactive ketones (excluding diaryl/α,β-unsaturated/α-hetero) is 1. The number of rotatable bonds is 8. The summed E-state index contributed by atoms with van der Waals surface area (Å²) in [6.45, 7) is 13.5. The number of carboxylic acids is 1. The SMILES string of the molecule is COc1ccc2c(O[C@H]3CN4C(=O)[C@@H](CC(=O)OC(C)(C)C)CCCCC/C=C\[C@@H]5C[C@@]5(C(=O)O)CC(=O)[C@@H]4[C@@H]3C)cc(-c3nc(C(C)C)cs3)nc2c1C. The van der Waals surface area contributed by atoms with Crippen LogP contribution < -0.4 is 9.47 Å². The Morgan fingerprint density at radius 1 is 1.11 bits per heavy atom. The number of hydrogen-bond donors (Lipinski definition) is 1. The first-order valence-electron chi connectivity index (χ1n) is 19.6. The molecule has 0 bridgehead atoms. The zero-order valence-corrected chi connectivity index (χ0v) is 34.2. The van der Waals surface area contributed by atoms with Gasteiger partial charge in [0, 0.05) is 40.7 Å². The largest absolute Gasteiger partial charge is 0.496 e. The molecule has 4 heterocycles. The highest BCUT2D eigenvalue weighted by Crippen LogP contribution is 2.57. The second kappa shape index (κ2) is 16.0. The Kier molecular flexibility index (Phi) is 11.8. The third-order valence-electron chi connectivity index (χ3n) is 11.4. The van der Waals surface area contributed by atoms with Crippen molar-refractivity contribution in [2.75, 3.05) is 13.7 Å². The van der Waals surface area contributed by atoms with Gasteiger partial charge in [0.15, 0.2) is 5.78 Å². The van der Waals surface area contributed by atoms with Crippen molar-refractivity contribution in [3.05, 3.63) is 47.0 Å². The summed E-state index contributed by atoms with van der Waals surface area (Å²) >= 11 is 1.51. The second-order valence-corrected chi connectivity index (χ2v) is 17.8. The number of ether oxygens (including phenoxy) is 3. The number of hydrogen-bond acceptors (Lipinski definition) is 10. The Hall–Kier alpha value is -4.32. The minimum absolute atomic E-state index is 0.0909. The summed E-state index contributed by atoms with van der Waals surface area (Å²) in [6, 6.07) is 4.70. The van der Waals surface area contributed by atoms with Crippen molar-refractivity contribution in [1.82, 2.24) is 14.9 Å². The van der Waals surface area contributed by atoms with E-state index in [0.29, 0.717) is 35.6 Å². The van der Waals surface area contributed by atoms with E-state index in [-0.39, 0.29) is 42.9 Å². The zero-order valence-electron chi connectivity index (χ0n) is 33.3. The quantitative estimate of drug-likeness (QED) is 0.175. The van der Waals surface area contributed by atoms with E-state index >= 15 is 0 Å². The van der Waals surface area contributed by atoms with Crippen LogP contribution in [0.5, 0.6) is 11.5 Å². The molecular formula is C43H55N3O8S. The van der Waals surface area contributed by atoms with Crippen LogP contribution in [0.15, 0.2) is 35.7 Å². The minimum Gasteiger partial charge on any atom is -0.496 e. The van der Waals surface area contributed by atoms with E-state index in [1.54, 1.807) is 32.8 Å². The summed E-state index contributed by atoms with van der Waals surface area (Å²) in [7, 11) is 1.62. The van der Waals surface area contributed by atoms with Gasteiger partial charge in [-0.05, 0) is 77.3 Å². The van der Waals surface area contributed by atoms with Gasteiger partial charge in [0.25, 0.3) is 0 Å². The molecule has 1 aliphatic carbocycles. The Bertz CT molecular complexity index is 1980. The van der Waals surface area contributed by atoms with Crippen molar-refractivity contribution < 1.29 is 38.5 Å². The average Bonchev–Trinajstić information content (AvgIpc) is 3.41. The summed E-state index contributed by atoms with van der Waals surface area (Å²) in [5.74, 6) is -2.07. The number of thiazole rings is 1. The second-order valence-electron chi connectivity index (χ2n) is 16.9. The summed E-state index contributed by atoms with van der Waals surface area (Å²) in [4.78, 5) is 66.6. The van der Waals surface area contributed by atoms with Crippen molar-refractivity contribution in [2.24, 2.45) is 23.2 Å². The molecule has 2 fully saturated rings. The van der Waals surface area contributed by atoms with Crippen LogP contribution in [-0.2, 0) is 23.9 Å². The van der Waals surface area contributed by atoms with Crippen molar-refractivity contribution in [3.8, 4) is 22.2 Å². The standard InChI is InChI=1S/C43H55N3O8S/c1-24(2)31-23-55-39(45-31)30-19-34(29-16-17-33(52-8)25(3)37(29)44-30)53-35-22-46-38(26(35)4)32(47)21-43(41(50)51)20-28(43)15-13-11-9-10-12-14-27(40(46)49)18-36(48)54-42(5,6)7/h13,15-17,19,23-24,26-28,35,38H,9-12,14,18,20-22H2,1-8H3,(H,50,51)/b15-13-/t26-,27-,28-,35+,38+,43-/m1/s1. The number of ketones is 1. The number of aromatic nitrogens is 2. The molecule has 1 aromatic carbocycles. The van der Waals surface area contributed by atoms with Crippen LogP contribution in [0, 0.1) is 30.1 Å². The van der Waals surface area contributed by atoms with Gasteiger partial charge in [0.2, 0.25) is 5.91 Å². The first-order chi connectivity index (χ1) is 26.0. The van der Waals surface area contributed by atoms with E-state index in [2.05, 4.69) is 13.8 Å². The molecule has 1 saturated heterocycles. The monoisotopic (exact) mass is 773 g/mol. The lowest BCUT2D eigenvalue weighted by molar-refractivity contribution is -0.159. The Morgan fingerprint density at radius 2 is 1.87 bits per heavy atom. The molecule has 0 spiro atoms. The summed E-state index contributed by atoms with van der Waals surface area (Å²) < 4.78 is 18.2. The van der Waals surface area contributed by atoms with Gasteiger partial charge < -0.3 is 24.2 Å². The Balaban J connectivity index is 1.40. The molecule has 6 rings (SSSR count). The number of aryl methyl sites for hydroxylation is 1. The fraction of sp³-hybridized carbons (Fsp3) is 0.581. The molecule has 2 aromatic heterocycles. The number of aliphatic carboxylic acids is 1. The maximum absolute atomic E-state index is 14.7. The van der Waals surface area contributed by atoms with E-state index in [0.717, 1.165) is 47.3 Å². The number of pyridine rings is 1. The van der Waals surface area contributed by atoms with Gasteiger partial charge in [-0.1, -0.05) is 45.8 Å². The maximum atomic E-state index is 14.7. The van der Waals surface area contributed by atoms with Crippen molar-refractivity contribution >= 4 is 45.9 Å². The number of carbonyl (C=O) groups is 4. The number of carboxylic acid groups (broad SMARTS) is 1. The fourth-order valence-corrected chi connectivity index (χ4v) is 9.13. The van der Waals surface area contributed by atoms with Crippen LogP contribution in [-0.4, -0.2) is 75.0 Å². The molecule has 11 nitrogen and oxygen atoms in total. The van der Waals surface area contributed by atoms with Crippen LogP contribution in [0.3, 0.4) is 0 Å². The highest BCUT2D eigenvalue weighted by molar-refractivity contribution is 7.13. The summed E-state index contributed by atoms with van der Waals surface area (Å²) in [6.07, 6.45) is 7.13. The first-order valence-corrected chi connectivity index (χ1v) is 20.5. The van der Waals surface area contributed by atoms with Crippen LogP contribution in [0.2, 0.25) is 0 Å². The van der Waals surface area contributed by atoms with Gasteiger partial charge in [-0.25, -0.2) is 9.97 Å². The van der Waals surface area contributed by atoms with Crippen molar-refractivity contribution in [1.29, 1.82) is 0 Å². The van der Waals surface area contributed by atoms with Gasteiger partial charge >= 0.3 is 11.9 Å². The maximum Gasteiger partial charge on any atom is 0.310 e. The molecule has 12 heteroatoms. The third-order valence-corrected chi connectivity index (χ3v) is 12.3. The predicted octanol–water partition coefficient (Wildman–Crippen LogP) is 8.31. The average molecular weight is 774 g/mol. The Labute approximate surface area is 327 Å². The third kappa shape index (κ3) is 8.59. The minimum atomic E-state index is -1.20. The number of carbonyl (C=O) groups excluding carboxylic acids is 3. The fourth-order valence-electron chi connectivity index (χ4n) is 8.19.